The van der Waals surface area contributed by atoms with Gasteiger partial charge in [-0.2, -0.15) is 0 Å². The summed E-state index contributed by atoms with van der Waals surface area (Å²) in [5, 5.41) is 10.2. The van der Waals surface area contributed by atoms with Crippen molar-refractivity contribution in [2.24, 2.45) is 0 Å². The minimum atomic E-state index is -0.327. The molecule has 0 unspecified atom stereocenters. The Morgan fingerprint density at radius 1 is 1.13 bits per heavy atom. The molecule has 2 aromatic carbocycles. The SMILES string of the molecule is OC/C=C/c1cc(Oc2ccc(F)cc2)c2cc(Cl)ccc2n1. The number of benzene rings is 2. The number of pyridine rings is 1. The zero-order valence-electron chi connectivity index (χ0n) is 12.0. The lowest BCUT2D eigenvalue weighted by molar-refractivity contribution is 0.343. The van der Waals surface area contributed by atoms with Gasteiger partial charge in [0, 0.05) is 16.5 Å². The summed E-state index contributed by atoms with van der Waals surface area (Å²) >= 11 is 6.06. The van der Waals surface area contributed by atoms with Crippen LogP contribution in [0.4, 0.5) is 4.39 Å². The molecule has 1 aromatic heterocycles. The predicted molar refractivity (Wildman–Crippen MR) is 89.3 cm³/mol. The molecule has 116 valence electrons. The summed E-state index contributed by atoms with van der Waals surface area (Å²) in [7, 11) is 0. The van der Waals surface area contributed by atoms with E-state index in [9.17, 15) is 4.39 Å². The molecule has 0 bridgehead atoms. The highest BCUT2D eigenvalue weighted by Crippen LogP contribution is 2.32. The Balaban J connectivity index is 2.09. The molecule has 0 fully saturated rings. The minimum absolute atomic E-state index is 0.0749. The number of halogens is 2. The van der Waals surface area contributed by atoms with Crippen molar-refractivity contribution in [1.82, 2.24) is 4.98 Å². The third-order valence-electron chi connectivity index (χ3n) is 3.19. The van der Waals surface area contributed by atoms with E-state index in [1.165, 1.54) is 12.1 Å². The highest BCUT2D eigenvalue weighted by molar-refractivity contribution is 6.31. The van der Waals surface area contributed by atoms with Crippen molar-refractivity contribution >= 4 is 28.6 Å². The lowest BCUT2D eigenvalue weighted by atomic mass is 10.1. The van der Waals surface area contributed by atoms with E-state index in [2.05, 4.69) is 4.98 Å². The molecule has 0 saturated heterocycles. The van der Waals surface area contributed by atoms with Gasteiger partial charge < -0.3 is 9.84 Å². The molecule has 0 amide bonds. The summed E-state index contributed by atoms with van der Waals surface area (Å²) in [5.41, 5.74) is 1.36. The molecule has 3 aromatic rings. The van der Waals surface area contributed by atoms with Crippen molar-refractivity contribution in [3.05, 3.63) is 71.1 Å². The third kappa shape index (κ3) is 3.67. The van der Waals surface area contributed by atoms with Crippen molar-refractivity contribution in [3.8, 4) is 11.5 Å². The molecule has 0 atom stereocenters. The quantitative estimate of drug-likeness (QED) is 0.745. The molecule has 3 nitrogen and oxygen atoms in total. The molecule has 0 spiro atoms. The number of fused-ring (bicyclic) bond motifs is 1. The number of hydrogen-bond acceptors (Lipinski definition) is 3. The molecule has 1 heterocycles. The average Bonchev–Trinajstić information content (AvgIpc) is 2.55. The van der Waals surface area contributed by atoms with Gasteiger partial charge >= 0.3 is 0 Å². The normalized spacial score (nSPS) is 11.3. The van der Waals surface area contributed by atoms with Crippen LogP contribution in [0.5, 0.6) is 11.5 Å². The standard InChI is InChI=1S/C18H13ClFNO2/c19-12-3-8-17-16(10-12)18(11-14(21-17)2-1-9-22)23-15-6-4-13(20)5-7-15/h1-8,10-11,22H,9H2/b2-1+. The van der Waals surface area contributed by atoms with Crippen LogP contribution in [0.25, 0.3) is 17.0 Å². The van der Waals surface area contributed by atoms with Gasteiger partial charge in [-0.1, -0.05) is 17.7 Å². The fraction of sp³-hybridized carbons (Fsp3) is 0.0556. The molecule has 0 aliphatic rings. The van der Waals surface area contributed by atoms with E-state index >= 15 is 0 Å². The lowest BCUT2D eigenvalue weighted by Gasteiger charge is -2.10. The Labute approximate surface area is 137 Å². The largest absolute Gasteiger partial charge is 0.457 e. The topological polar surface area (TPSA) is 42.4 Å². The van der Waals surface area contributed by atoms with Crippen LogP contribution in [0, 0.1) is 5.82 Å². The van der Waals surface area contributed by atoms with Crippen LogP contribution in [-0.4, -0.2) is 16.7 Å². The summed E-state index contributed by atoms with van der Waals surface area (Å²) in [6, 6.07) is 12.8. The number of hydrogen-bond donors (Lipinski definition) is 1. The monoisotopic (exact) mass is 329 g/mol. The fourth-order valence-corrected chi connectivity index (χ4v) is 2.33. The maximum atomic E-state index is 13.0. The number of ether oxygens (including phenoxy) is 1. The van der Waals surface area contributed by atoms with Crippen LogP contribution in [0.1, 0.15) is 5.69 Å². The molecule has 0 saturated carbocycles. The van der Waals surface area contributed by atoms with E-state index in [0.29, 0.717) is 27.7 Å². The first-order valence-corrected chi connectivity index (χ1v) is 7.34. The van der Waals surface area contributed by atoms with Gasteiger partial charge in [0.2, 0.25) is 0 Å². The number of aliphatic hydroxyl groups excluding tert-OH is 1. The highest BCUT2D eigenvalue weighted by Gasteiger charge is 2.08. The Morgan fingerprint density at radius 2 is 1.91 bits per heavy atom. The van der Waals surface area contributed by atoms with Crippen molar-refractivity contribution in [2.45, 2.75) is 0 Å². The Kier molecular flexibility index (Phi) is 4.55. The molecular formula is C18H13ClFNO2. The first-order valence-electron chi connectivity index (χ1n) is 6.97. The third-order valence-corrected chi connectivity index (χ3v) is 3.42. The van der Waals surface area contributed by atoms with Crippen molar-refractivity contribution < 1.29 is 14.2 Å². The van der Waals surface area contributed by atoms with Gasteiger partial charge in [-0.05, 0) is 48.5 Å². The molecule has 0 aliphatic carbocycles. The van der Waals surface area contributed by atoms with Gasteiger partial charge in [0.05, 0.1) is 17.8 Å². The molecule has 0 aliphatic heterocycles. The van der Waals surface area contributed by atoms with E-state index in [4.69, 9.17) is 21.4 Å². The average molecular weight is 330 g/mol. The maximum absolute atomic E-state index is 13.0. The van der Waals surface area contributed by atoms with Crippen LogP contribution in [0.2, 0.25) is 5.02 Å². The van der Waals surface area contributed by atoms with Crippen LogP contribution < -0.4 is 4.74 Å². The second-order valence-electron chi connectivity index (χ2n) is 4.85. The Bertz CT molecular complexity index is 863. The van der Waals surface area contributed by atoms with E-state index in [1.54, 1.807) is 48.6 Å². The summed E-state index contributed by atoms with van der Waals surface area (Å²) in [4.78, 5) is 4.47. The van der Waals surface area contributed by atoms with E-state index in [1.807, 2.05) is 0 Å². The fourth-order valence-electron chi connectivity index (χ4n) is 2.16. The van der Waals surface area contributed by atoms with Gasteiger partial charge in [0.25, 0.3) is 0 Å². The summed E-state index contributed by atoms with van der Waals surface area (Å²) in [6.45, 7) is -0.0749. The van der Waals surface area contributed by atoms with Gasteiger partial charge in [0.15, 0.2) is 0 Å². The number of aromatic nitrogens is 1. The number of rotatable bonds is 4. The maximum Gasteiger partial charge on any atom is 0.139 e. The summed E-state index contributed by atoms with van der Waals surface area (Å²) in [5.74, 6) is 0.740. The molecule has 23 heavy (non-hydrogen) atoms. The predicted octanol–water partition coefficient (Wildman–Crippen LogP) is 4.83. The van der Waals surface area contributed by atoms with E-state index in [0.717, 1.165) is 5.39 Å². The highest BCUT2D eigenvalue weighted by atomic mass is 35.5. The van der Waals surface area contributed by atoms with Crippen molar-refractivity contribution in [1.29, 1.82) is 0 Å². The molecular weight excluding hydrogens is 317 g/mol. The molecule has 3 rings (SSSR count). The van der Waals surface area contributed by atoms with E-state index < -0.39 is 0 Å². The van der Waals surface area contributed by atoms with Gasteiger partial charge in [-0.3, -0.25) is 0 Å². The number of nitrogens with zero attached hydrogens (tertiary/aromatic N) is 1. The Morgan fingerprint density at radius 3 is 2.65 bits per heavy atom. The van der Waals surface area contributed by atoms with Crippen LogP contribution in [-0.2, 0) is 0 Å². The first kappa shape index (κ1) is 15.5. The molecule has 1 N–H and O–H groups in total. The second-order valence-corrected chi connectivity index (χ2v) is 5.28. The first-order chi connectivity index (χ1) is 11.2. The summed E-state index contributed by atoms with van der Waals surface area (Å²) in [6.07, 6.45) is 3.29. The zero-order valence-corrected chi connectivity index (χ0v) is 12.8. The second kappa shape index (κ2) is 6.77. The van der Waals surface area contributed by atoms with Crippen LogP contribution >= 0.6 is 11.6 Å². The number of aliphatic hydroxyl groups is 1. The zero-order chi connectivity index (χ0) is 16.2. The smallest absolute Gasteiger partial charge is 0.139 e. The van der Waals surface area contributed by atoms with Crippen molar-refractivity contribution in [2.75, 3.05) is 6.61 Å². The minimum Gasteiger partial charge on any atom is -0.457 e. The van der Waals surface area contributed by atoms with Crippen LogP contribution in [0.15, 0.2) is 54.6 Å². The summed E-state index contributed by atoms with van der Waals surface area (Å²) < 4.78 is 18.9. The lowest BCUT2D eigenvalue weighted by Crippen LogP contribution is -1.91. The van der Waals surface area contributed by atoms with E-state index in [-0.39, 0.29) is 12.4 Å². The Hall–Kier alpha value is -2.43. The van der Waals surface area contributed by atoms with Gasteiger partial charge in [-0.25, -0.2) is 9.37 Å². The van der Waals surface area contributed by atoms with Gasteiger partial charge in [-0.15, -0.1) is 0 Å². The molecule has 0 radical (unpaired) electrons. The molecule has 5 heteroatoms. The van der Waals surface area contributed by atoms with Gasteiger partial charge in [0.1, 0.15) is 17.3 Å². The van der Waals surface area contributed by atoms with Crippen molar-refractivity contribution in [3.63, 3.8) is 0 Å². The van der Waals surface area contributed by atoms with Crippen LogP contribution in [0.3, 0.4) is 0 Å².